The Balaban J connectivity index is 2.04. The van der Waals surface area contributed by atoms with E-state index in [1.165, 1.54) is 6.92 Å². The van der Waals surface area contributed by atoms with Crippen LogP contribution in [-0.2, 0) is 9.53 Å². The predicted molar refractivity (Wildman–Crippen MR) is 87.6 cm³/mol. The molecule has 1 aromatic carbocycles. The molecule has 0 aliphatic heterocycles. The topological polar surface area (TPSA) is 97.6 Å². The van der Waals surface area contributed by atoms with Gasteiger partial charge in [-0.1, -0.05) is 18.2 Å². The summed E-state index contributed by atoms with van der Waals surface area (Å²) in [6, 6.07) is 6.45. The van der Waals surface area contributed by atoms with E-state index in [4.69, 9.17) is 9.15 Å². The van der Waals surface area contributed by atoms with Crippen LogP contribution < -0.4 is 10.6 Å². The number of fused-ring (bicyclic) bond motifs is 1. The summed E-state index contributed by atoms with van der Waals surface area (Å²) in [4.78, 5) is 35.6. The van der Waals surface area contributed by atoms with Crippen molar-refractivity contribution in [2.45, 2.75) is 39.8 Å². The fourth-order valence-corrected chi connectivity index (χ4v) is 2.15. The minimum atomic E-state index is -1.14. The molecule has 0 aliphatic carbocycles. The Bertz CT molecular complexity index is 778. The zero-order chi connectivity index (χ0) is 17.9. The average molecular weight is 332 g/mol. The van der Waals surface area contributed by atoms with Crippen LogP contribution in [0.2, 0.25) is 0 Å². The Morgan fingerprint density at radius 1 is 1.12 bits per heavy atom. The monoisotopic (exact) mass is 332 g/mol. The molecule has 7 nitrogen and oxygen atoms in total. The summed E-state index contributed by atoms with van der Waals surface area (Å²) in [6.07, 6.45) is -1.14. The molecule has 0 unspecified atom stereocenters. The molecule has 2 aromatic rings. The van der Waals surface area contributed by atoms with Crippen molar-refractivity contribution in [3.05, 3.63) is 35.6 Å². The molecule has 24 heavy (non-hydrogen) atoms. The van der Waals surface area contributed by atoms with Crippen molar-refractivity contribution in [2.75, 3.05) is 0 Å². The van der Waals surface area contributed by atoms with Gasteiger partial charge in [-0.05, 0) is 33.8 Å². The van der Waals surface area contributed by atoms with Gasteiger partial charge in [0.2, 0.25) is 5.76 Å². The molecule has 0 spiro atoms. The number of carbonyl (C=O) groups excluding carboxylic acids is 3. The van der Waals surface area contributed by atoms with Gasteiger partial charge in [-0.15, -0.1) is 0 Å². The first kappa shape index (κ1) is 17.5. The van der Waals surface area contributed by atoms with Crippen molar-refractivity contribution in [1.82, 2.24) is 10.6 Å². The van der Waals surface area contributed by atoms with E-state index < -0.39 is 24.0 Å². The van der Waals surface area contributed by atoms with Crippen LogP contribution in [0.5, 0.6) is 0 Å². The van der Waals surface area contributed by atoms with Crippen LogP contribution >= 0.6 is 0 Å². The van der Waals surface area contributed by atoms with Crippen LogP contribution in [0.1, 0.15) is 36.9 Å². The quantitative estimate of drug-likeness (QED) is 0.839. The summed E-state index contributed by atoms with van der Waals surface area (Å²) in [5.74, 6) is -1.42. The van der Waals surface area contributed by atoms with Gasteiger partial charge in [-0.25, -0.2) is 9.59 Å². The Morgan fingerprint density at radius 3 is 2.42 bits per heavy atom. The number of furan rings is 1. The van der Waals surface area contributed by atoms with Crippen LogP contribution in [0, 0.1) is 6.92 Å². The number of hydrogen-bond acceptors (Lipinski definition) is 5. The maximum Gasteiger partial charge on any atom is 0.375 e. The van der Waals surface area contributed by atoms with Crippen molar-refractivity contribution in [2.24, 2.45) is 0 Å². The molecular weight excluding hydrogens is 312 g/mol. The number of hydrogen-bond donors (Lipinski definition) is 2. The SMILES string of the molecule is Cc1c(C(=O)O[C@@H](C)C(=O)NC(=O)NC(C)C)oc2ccccc12. The third-order valence-electron chi connectivity index (χ3n) is 3.34. The summed E-state index contributed by atoms with van der Waals surface area (Å²) in [6.45, 7) is 6.65. The number of aryl methyl sites for hydroxylation is 1. The largest absolute Gasteiger partial charge is 0.449 e. The highest BCUT2D eigenvalue weighted by Crippen LogP contribution is 2.25. The van der Waals surface area contributed by atoms with Crippen molar-refractivity contribution >= 4 is 28.9 Å². The number of nitrogens with one attached hydrogen (secondary N) is 2. The second kappa shape index (κ2) is 7.16. The molecule has 2 rings (SSSR count). The van der Waals surface area contributed by atoms with Gasteiger partial charge in [0, 0.05) is 17.0 Å². The summed E-state index contributed by atoms with van der Waals surface area (Å²) in [5.41, 5.74) is 1.20. The normalized spacial score (nSPS) is 12.0. The molecule has 0 aliphatic rings. The van der Waals surface area contributed by atoms with Gasteiger partial charge in [-0.3, -0.25) is 10.1 Å². The van der Waals surface area contributed by atoms with Crippen molar-refractivity contribution < 1.29 is 23.5 Å². The number of imide groups is 1. The number of para-hydroxylation sites is 1. The number of urea groups is 1. The van der Waals surface area contributed by atoms with E-state index in [1.807, 2.05) is 12.1 Å². The summed E-state index contributed by atoms with van der Waals surface area (Å²) in [7, 11) is 0. The van der Waals surface area contributed by atoms with Gasteiger partial charge in [0.1, 0.15) is 5.58 Å². The molecule has 1 aromatic heterocycles. The Hall–Kier alpha value is -2.83. The number of carbonyl (C=O) groups is 3. The summed E-state index contributed by atoms with van der Waals surface area (Å²) in [5, 5.41) is 5.43. The lowest BCUT2D eigenvalue weighted by molar-refractivity contribution is -0.128. The molecule has 0 bridgehead atoms. The van der Waals surface area contributed by atoms with E-state index in [9.17, 15) is 14.4 Å². The van der Waals surface area contributed by atoms with Crippen LogP contribution in [0.15, 0.2) is 28.7 Å². The predicted octanol–water partition coefficient (Wildman–Crippen LogP) is 2.52. The van der Waals surface area contributed by atoms with Crippen molar-refractivity contribution in [3.63, 3.8) is 0 Å². The molecule has 0 saturated heterocycles. The van der Waals surface area contributed by atoms with Crippen molar-refractivity contribution in [1.29, 1.82) is 0 Å². The molecule has 0 radical (unpaired) electrons. The minimum Gasteiger partial charge on any atom is -0.449 e. The molecule has 128 valence electrons. The number of benzene rings is 1. The third-order valence-corrected chi connectivity index (χ3v) is 3.34. The lowest BCUT2D eigenvalue weighted by Crippen LogP contribution is -2.46. The smallest absolute Gasteiger partial charge is 0.375 e. The molecule has 0 saturated carbocycles. The second-order valence-electron chi connectivity index (χ2n) is 5.72. The van der Waals surface area contributed by atoms with Crippen LogP contribution in [-0.4, -0.2) is 30.1 Å². The van der Waals surface area contributed by atoms with Gasteiger partial charge in [0.05, 0.1) is 0 Å². The Labute approximate surface area is 139 Å². The van der Waals surface area contributed by atoms with Gasteiger partial charge in [0.15, 0.2) is 6.10 Å². The first-order valence-corrected chi connectivity index (χ1v) is 7.60. The van der Waals surface area contributed by atoms with Gasteiger partial charge < -0.3 is 14.5 Å². The van der Waals surface area contributed by atoms with E-state index in [2.05, 4.69) is 10.6 Å². The van der Waals surface area contributed by atoms with E-state index in [-0.39, 0.29) is 11.8 Å². The number of amides is 3. The minimum absolute atomic E-state index is 0.0440. The van der Waals surface area contributed by atoms with Crippen LogP contribution in [0.25, 0.3) is 11.0 Å². The first-order valence-electron chi connectivity index (χ1n) is 7.60. The lowest BCUT2D eigenvalue weighted by atomic mass is 10.1. The maximum absolute atomic E-state index is 12.2. The standard InChI is InChI=1S/C17H20N2O5/c1-9(2)18-17(22)19-15(20)11(4)23-16(21)14-10(3)12-7-5-6-8-13(12)24-14/h5-9,11H,1-4H3,(H2,18,19,20,22)/t11-/m0/s1. The van der Waals surface area contributed by atoms with E-state index in [1.54, 1.807) is 32.9 Å². The summed E-state index contributed by atoms with van der Waals surface area (Å²) < 4.78 is 10.6. The van der Waals surface area contributed by atoms with E-state index in [0.717, 1.165) is 5.39 Å². The molecule has 2 N–H and O–H groups in total. The van der Waals surface area contributed by atoms with Crippen LogP contribution in [0.4, 0.5) is 4.79 Å². The zero-order valence-electron chi connectivity index (χ0n) is 14.0. The average Bonchev–Trinajstić information content (AvgIpc) is 2.84. The molecule has 3 amide bonds. The lowest BCUT2D eigenvalue weighted by Gasteiger charge is -2.13. The fraction of sp³-hybridized carbons (Fsp3) is 0.353. The third kappa shape index (κ3) is 3.92. The Morgan fingerprint density at radius 2 is 1.79 bits per heavy atom. The molecule has 7 heteroatoms. The van der Waals surface area contributed by atoms with Crippen molar-refractivity contribution in [3.8, 4) is 0 Å². The summed E-state index contributed by atoms with van der Waals surface area (Å²) >= 11 is 0. The second-order valence-corrected chi connectivity index (χ2v) is 5.72. The molecule has 1 atom stereocenters. The Kier molecular flexibility index (Phi) is 5.23. The fourth-order valence-electron chi connectivity index (χ4n) is 2.15. The highest BCUT2D eigenvalue weighted by atomic mass is 16.6. The molecule has 0 fully saturated rings. The number of ether oxygens (including phenoxy) is 1. The molecular formula is C17H20N2O5. The zero-order valence-corrected chi connectivity index (χ0v) is 14.0. The van der Waals surface area contributed by atoms with Crippen LogP contribution in [0.3, 0.4) is 0 Å². The number of rotatable bonds is 4. The number of esters is 1. The first-order chi connectivity index (χ1) is 11.3. The van der Waals surface area contributed by atoms with Gasteiger partial charge in [0.25, 0.3) is 5.91 Å². The highest BCUT2D eigenvalue weighted by molar-refractivity contribution is 6.00. The van der Waals surface area contributed by atoms with Gasteiger partial charge >= 0.3 is 12.0 Å². The molecule has 1 heterocycles. The van der Waals surface area contributed by atoms with Gasteiger partial charge in [-0.2, -0.15) is 0 Å². The highest BCUT2D eigenvalue weighted by Gasteiger charge is 2.25. The van der Waals surface area contributed by atoms with E-state index >= 15 is 0 Å². The van der Waals surface area contributed by atoms with E-state index in [0.29, 0.717) is 11.1 Å². The maximum atomic E-state index is 12.2.